The zero-order chi connectivity index (χ0) is 25.3. The van der Waals surface area contributed by atoms with Gasteiger partial charge in [0.2, 0.25) is 0 Å². The van der Waals surface area contributed by atoms with Gasteiger partial charge in [-0.3, -0.25) is 13.9 Å². The Morgan fingerprint density at radius 3 is 2.57 bits per heavy atom. The molecule has 4 aromatic rings. The number of carbonyl (C=O) groups excluding carboxylic acids is 1. The molecule has 0 aliphatic rings. The van der Waals surface area contributed by atoms with Crippen molar-refractivity contribution in [2.24, 2.45) is 14.1 Å². The second-order valence-electron chi connectivity index (χ2n) is 8.07. The Labute approximate surface area is 222 Å². The summed E-state index contributed by atoms with van der Waals surface area (Å²) in [6.07, 6.45) is 1.88. The molecule has 0 fully saturated rings. The molecular formula is C23H23Br2FN6O2S. The van der Waals surface area contributed by atoms with Gasteiger partial charge in [-0.25, -0.2) is 13.9 Å². The molecule has 1 N–H and O–H groups in total. The van der Waals surface area contributed by atoms with Crippen LogP contribution in [-0.4, -0.2) is 42.3 Å². The molecule has 2 aromatic carbocycles. The molecule has 4 rings (SSSR count). The van der Waals surface area contributed by atoms with Crippen LogP contribution in [0.4, 0.5) is 4.39 Å². The summed E-state index contributed by atoms with van der Waals surface area (Å²) in [7, 11) is 3.39. The number of fused-ring (bicyclic) bond motifs is 1. The van der Waals surface area contributed by atoms with Crippen molar-refractivity contribution in [2.75, 3.05) is 12.3 Å². The highest BCUT2D eigenvalue weighted by molar-refractivity contribution is 9.10. The van der Waals surface area contributed by atoms with E-state index in [0.717, 1.165) is 16.8 Å². The Balaban J connectivity index is 1.29. The zero-order valence-corrected chi connectivity index (χ0v) is 23.2. The van der Waals surface area contributed by atoms with E-state index in [1.54, 1.807) is 59.4 Å². The summed E-state index contributed by atoms with van der Waals surface area (Å²) in [6, 6.07) is 8.33. The second-order valence-corrected chi connectivity index (χ2v) is 10.9. The van der Waals surface area contributed by atoms with Gasteiger partial charge in [0, 0.05) is 42.8 Å². The fraction of sp³-hybridized carbons (Fsp3) is 0.304. The molecule has 2 aromatic heterocycles. The first-order valence-electron chi connectivity index (χ1n) is 10.7. The largest absolute Gasteiger partial charge is 0.351 e. The lowest BCUT2D eigenvalue weighted by Crippen LogP contribution is -2.26. The minimum Gasteiger partial charge on any atom is -0.351 e. The smallest absolute Gasteiger partial charge is 0.328 e. The summed E-state index contributed by atoms with van der Waals surface area (Å²) >= 11 is 8.30. The number of aryl methyl sites for hydroxylation is 2. The van der Waals surface area contributed by atoms with E-state index in [1.165, 1.54) is 10.6 Å². The molecule has 0 bridgehead atoms. The Morgan fingerprint density at radius 1 is 1.14 bits per heavy atom. The molecule has 1 amide bonds. The molecule has 0 aliphatic heterocycles. The monoisotopic (exact) mass is 624 g/mol. The number of nitrogens with zero attached hydrogens (tertiary/aromatic N) is 5. The fourth-order valence-corrected chi connectivity index (χ4v) is 5.34. The van der Waals surface area contributed by atoms with Crippen molar-refractivity contribution in [1.29, 1.82) is 0 Å². The number of hydrogen-bond acceptors (Lipinski definition) is 5. The predicted octanol–water partition coefficient (Wildman–Crippen LogP) is 4.41. The number of benzene rings is 2. The lowest BCUT2D eigenvalue weighted by molar-refractivity contribution is 0.0955. The van der Waals surface area contributed by atoms with Gasteiger partial charge in [-0.2, -0.15) is 11.8 Å². The summed E-state index contributed by atoms with van der Waals surface area (Å²) in [5.41, 5.74) is 3.54. The number of nitrogens with one attached hydrogen (secondary N) is 1. The molecule has 0 aliphatic carbocycles. The first kappa shape index (κ1) is 25.6. The number of carbonyl (C=O) groups is 1. The van der Waals surface area contributed by atoms with E-state index < -0.39 is 0 Å². The van der Waals surface area contributed by atoms with Crippen molar-refractivity contribution in [3.63, 3.8) is 0 Å². The molecular weight excluding hydrogens is 603 g/mol. The van der Waals surface area contributed by atoms with Crippen molar-refractivity contribution in [3.8, 4) is 0 Å². The Bertz CT molecular complexity index is 1460. The van der Waals surface area contributed by atoms with Crippen molar-refractivity contribution in [2.45, 2.75) is 18.7 Å². The summed E-state index contributed by atoms with van der Waals surface area (Å²) in [6.45, 7) is 2.46. The van der Waals surface area contributed by atoms with E-state index in [4.69, 9.17) is 0 Å². The van der Waals surface area contributed by atoms with Gasteiger partial charge in [-0.05, 0) is 68.6 Å². The Hall–Kier alpha value is -2.44. The number of amides is 1. The fourth-order valence-electron chi connectivity index (χ4n) is 3.70. The second kappa shape index (κ2) is 10.7. The van der Waals surface area contributed by atoms with Crippen LogP contribution in [0.1, 0.15) is 34.6 Å². The third-order valence-electron chi connectivity index (χ3n) is 5.77. The molecule has 184 valence electrons. The average Bonchev–Trinajstić information content (AvgIpc) is 3.39. The van der Waals surface area contributed by atoms with Crippen LogP contribution in [-0.2, 0) is 19.8 Å². The molecule has 2 heterocycles. The van der Waals surface area contributed by atoms with E-state index >= 15 is 0 Å². The number of rotatable bonds is 8. The zero-order valence-electron chi connectivity index (χ0n) is 19.3. The van der Waals surface area contributed by atoms with Gasteiger partial charge in [0.05, 0.1) is 32.8 Å². The van der Waals surface area contributed by atoms with Gasteiger partial charge in [0.1, 0.15) is 5.82 Å². The maximum Gasteiger partial charge on any atom is 0.328 e. The average molecular weight is 626 g/mol. The third kappa shape index (κ3) is 5.39. The first-order chi connectivity index (χ1) is 16.7. The lowest BCUT2D eigenvalue weighted by atomic mass is 10.1. The quantitative estimate of drug-likeness (QED) is 0.293. The minimum atomic E-state index is -0.303. The maximum absolute atomic E-state index is 13.5. The van der Waals surface area contributed by atoms with Crippen LogP contribution in [0.25, 0.3) is 11.0 Å². The summed E-state index contributed by atoms with van der Waals surface area (Å²) in [4.78, 5) is 24.9. The first-order valence-corrected chi connectivity index (χ1v) is 13.5. The topological polar surface area (TPSA) is 86.7 Å². The highest BCUT2D eigenvalue weighted by atomic mass is 79.9. The van der Waals surface area contributed by atoms with E-state index in [-0.39, 0.29) is 23.5 Å². The van der Waals surface area contributed by atoms with Crippen molar-refractivity contribution in [3.05, 3.63) is 78.6 Å². The van der Waals surface area contributed by atoms with Crippen LogP contribution in [0, 0.1) is 5.82 Å². The molecule has 0 unspecified atom stereocenters. The Kier molecular flexibility index (Phi) is 7.82. The van der Waals surface area contributed by atoms with Crippen molar-refractivity contribution < 1.29 is 9.18 Å². The van der Waals surface area contributed by atoms with Crippen LogP contribution >= 0.6 is 43.6 Å². The van der Waals surface area contributed by atoms with Gasteiger partial charge in [-0.15, -0.1) is 5.10 Å². The van der Waals surface area contributed by atoms with E-state index in [2.05, 4.69) is 47.5 Å². The molecule has 35 heavy (non-hydrogen) atoms. The maximum atomic E-state index is 13.5. The van der Waals surface area contributed by atoms with Gasteiger partial charge in [0.25, 0.3) is 5.91 Å². The predicted molar refractivity (Wildman–Crippen MR) is 142 cm³/mol. The van der Waals surface area contributed by atoms with Crippen LogP contribution in [0.3, 0.4) is 0 Å². The minimum absolute atomic E-state index is 0.0858. The molecule has 0 saturated carbocycles. The molecule has 0 spiro atoms. The third-order valence-corrected chi connectivity index (χ3v) is 8.02. The number of hydrogen-bond donors (Lipinski definition) is 1. The van der Waals surface area contributed by atoms with Crippen LogP contribution in [0.15, 0.2) is 50.3 Å². The molecule has 8 nitrogen and oxygen atoms in total. The van der Waals surface area contributed by atoms with Crippen molar-refractivity contribution >= 4 is 60.6 Å². The summed E-state index contributed by atoms with van der Waals surface area (Å²) in [5, 5.41) is 11.4. The normalized spacial score (nSPS) is 12.3. The van der Waals surface area contributed by atoms with Crippen LogP contribution in [0.5, 0.6) is 0 Å². The van der Waals surface area contributed by atoms with Gasteiger partial charge in [0.15, 0.2) is 0 Å². The summed E-state index contributed by atoms with van der Waals surface area (Å²) < 4.78 is 19.4. The lowest BCUT2D eigenvalue weighted by Gasteiger charge is -2.12. The van der Waals surface area contributed by atoms with Gasteiger partial charge >= 0.3 is 5.69 Å². The van der Waals surface area contributed by atoms with Crippen LogP contribution < -0.4 is 11.0 Å². The molecule has 0 saturated heterocycles. The number of imidazole rings is 1. The number of aromatic nitrogens is 5. The Morgan fingerprint density at radius 2 is 1.86 bits per heavy atom. The molecule has 1 atom stereocenters. The van der Waals surface area contributed by atoms with Gasteiger partial charge < -0.3 is 5.32 Å². The van der Waals surface area contributed by atoms with Crippen LogP contribution in [0.2, 0.25) is 0 Å². The highest BCUT2D eigenvalue weighted by Crippen LogP contribution is 2.25. The van der Waals surface area contributed by atoms with E-state index in [1.807, 2.05) is 13.1 Å². The standard InChI is InChI=1S/C23H23Br2FN6O2S/c1-13(14-4-5-19(26)18(25)8-14)32-11-15(28-29-32)12-35-7-6-27-22(33)16-9-20-21(10-17(16)24)31(3)23(34)30(20)2/h4-5,8-11,13H,6-7,12H2,1-3H3,(H,27,33)/t13-/m0/s1. The van der Waals surface area contributed by atoms with E-state index in [9.17, 15) is 14.0 Å². The SMILES string of the molecule is C[C@@H](c1ccc(F)c(Br)c1)n1cc(CSCCNC(=O)c2cc3c(cc2Br)n(C)c(=O)n3C)nn1. The van der Waals surface area contributed by atoms with Gasteiger partial charge in [-0.1, -0.05) is 11.3 Å². The molecule has 12 heteroatoms. The van der Waals surface area contributed by atoms with Crippen molar-refractivity contribution in [1.82, 2.24) is 29.4 Å². The number of thioether (sulfide) groups is 1. The summed E-state index contributed by atoms with van der Waals surface area (Å²) in [5.74, 6) is 0.837. The highest BCUT2D eigenvalue weighted by Gasteiger charge is 2.16. The molecule has 0 radical (unpaired) electrons. The van der Waals surface area contributed by atoms with E-state index in [0.29, 0.717) is 38.1 Å². The number of halogens is 3.